The lowest BCUT2D eigenvalue weighted by Crippen LogP contribution is -2.44. The zero-order valence-electron chi connectivity index (χ0n) is 17.3. The van der Waals surface area contributed by atoms with E-state index >= 15 is 0 Å². The maximum absolute atomic E-state index is 11.6. The first kappa shape index (κ1) is 23.9. The highest BCUT2D eigenvalue weighted by Gasteiger charge is 2.24. The van der Waals surface area contributed by atoms with E-state index in [0.29, 0.717) is 19.0 Å². The number of nitrogens with one attached hydrogen (secondary N) is 2. The fourth-order valence-corrected chi connectivity index (χ4v) is 4.52. The molecule has 2 N–H and O–H groups in total. The minimum atomic E-state index is -3.07. The number of guanidine groups is 1. The molecule has 0 aliphatic carbocycles. The Bertz CT molecular complexity index is 941. The number of halogens is 1. The van der Waals surface area contributed by atoms with Crippen molar-refractivity contribution in [2.45, 2.75) is 25.8 Å². The van der Waals surface area contributed by atoms with Gasteiger partial charge in [0.15, 0.2) is 5.96 Å². The summed E-state index contributed by atoms with van der Waals surface area (Å²) in [5.74, 6) is 1.22. The first-order valence-electron chi connectivity index (χ1n) is 9.78. The molecule has 0 amide bonds. The van der Waals surface area contributed by atoms with Crippen molar-refractivity contribution in [1.82, 2.24) is 14.9 Å². The summed E-state index contributed by atoms with van der Waals surface area (Å²) >= 11 is 0. The van der Waals surface area contributed by atoms with E-state index in [0.717, 1.165) is 25.3 Å². The number of hydrogen-bond donors (Lipinski definition) is 2. The number of hydrogen-bond acceptors (Lipinski definition) is 3. The number of piperidine rings is 1. The van der Waals surface area contributed by atoms with Gasteiger partial charge < -0.3 is 10.6 Å². The largest absolute Gasteiger partial charge is 0.356 e. The number of rotatable bonds is 5. The first-order valence-corrected chi connectivity index (χ1v) is 11.6. The van der Waals surface area contributed by atoms with Gasteiger partial charge in [-0.15, -0.1) is 24.0 Å². The number of sulfonamides is 1. The summed E-state index contributed by atoms with van der Waals surface area (Å²) in [6, 6.07) is 15.0. The number of fused-ring (bicyclic) bond motifs is 1. The molecule has 0 saturated carbocycles. The van der Waals surface area contributed by atoms with Crippen LogP contribution in [-0.4, -0.2) is 51.6 Å². The zero-order chi connectivity index (χ0) is 20.1. The average molecular weight is 530 g/mol. The number of nitrogens with zero attached hydrogens (tertiary/aromatic N) is 2. The van der Waals surface area contributed by atoms with Gasteiger partial charge >= 0.3 is 0 Å². The highest BCUT2D eigenvalue weighted by Crippen LogP contribution is 2.21. The minimum Gasteiger partial charge on any atom is -0.356 e. The van der Waals surface area contributed by atoms with Gasteiger partial charge in [0.1, 0.15) is 0 Å². The maximum Gasteiger partial charge on any atom is 0.211 e. The first-order chi connectivity index (χ1) is 13.4. The van der Waals surface area contributed by atoms with Crippen LogP contribution in [0.15, 0.2) is 47.5 Å². The van der Waals surface area contributed by atoms with Gasteiger partial charge in [0.2, 0.25) is 10.0 Å². The van der Waals surface area contributed by atoms with Gasteiger partial charge in [0.05, 0.1) is 12.3 Å². The lowest BCUT2D eigenvalue weighted by atomic mass is 9.98. The van der Waals surface area contributed by atoms with Gasteiger partial charge in [-0.2, -0.15) is 0 Å². The molecule has 0 bridgehead atoms. The second-order valence-corrected chi connectivity index (χ2v) is 9.51. The van der Waals surface area contributed by atoms with E-state index in [4.69, 9.17) is 0 Å². The fourth-order valence-electron chi connectivity index (χ4n) is 3.65. The third-order valence-electron chi connectivity index (χ3n) is 5.45. The summed E-state index contributed by atoms with van der Waals surface area (Å²) in [6.07, 6.45) is 3.03. The Hall–Kier alpha value is -1.39. The summed E-state index contributed by atoms with van der Waals surface area (Å²) in [5, 5.41) is 9.32. The molecule has 0 aromatic heterocycles. The molecule has 0 radical (unpaired) electrons. The third-order valence-corrected chi connectivity index (χ3v) is 6.75. The van der Waals surface area contributed by atoms with Crippen LogP contribution < -0.4 is 10.6 Å². The van der Waals surface area contributed by atoms with Crippen molar-refractivity contribution in [2.75, 3.05) is 32.9 Å². The normalized spacial score (nSPS) is 17.6. The molecule has 1 fully saturated rings. The van der Waals surface area contributed by atoms with E-state index in [-0.39, 0.29) is 30.0 Å². The molecule has 1 heterocycles. The van der Waals surface area contributed by atoms with E-state index in [1.54, 1.807) is 11.4 Å². The Labute approximate surface area is 191 Å². The third kappa shape index (κ3) is 6.55. The Balaban J connectivity index is 0.00000300. The molecule has 1 aliphatic heterocycles. The lowest BCUT2D eigenvalue weighted by molar-refractivity contribution is 0.274. The highest BCUT2D eigenvalue weighted by molar-refractivity contribution is 14.0. The van der Waals surface area contributed by atoms with Gasteiger partial charge in [-0.1, -0.05) is 36.4 Å². The number of benzene rings is 2. The minimum absolute atomic E-state index is 0. The molecular weight excluding hydrogens is 499 g/mol. The van der Waals surface area contributed by atoms with E-state index in [2.05, 4.69) is 65.0 Å². The van der Waals surface area contributed by atoms with E-state index in [9.17, 15) is 8.42 Å². The predicted octanol–water partition coefficient (Wildman–Crippen LogP) is 3.36. The van der Waals surface area contributed by atoms with Crippen LogP contribution >= 0.6 is 24.0 Å². The van der Waals surface area contributed by atoms with E-state index < -0.39 is 10.0 Å². The maximum atomic E-state index is 11.6. The van der Waals surface area contributed by atoms with Gasteiger partial charge in [-0.25, -0.2) is 12.7 Å². The fraction of sp³-hybridized carbons (Fsp3) is 0.476. The molecule has 1 unspecified atom stereocenters. The predicted molar refractivity (Wildman–Crippen MR) is 131 cm³/mol. The second kappa shape index (κ2) is 10.6. The molecule has 29 heavy (non-hydrogen) atoms. The van der Waals surface area contributed by atoms with Gasteiger partial charge in [0, 0.05) is 26.7 Å². The summed E-state index contributed by atoms with van der Waals surface area (Å²) < 4.78 is 24.8. The summed E-state index contributed by atoms with van der Waals surface area (Å²) in [7, 11) is -1.30. The summed E-state index contributed by atoms with van der Waals surface area (Å²) in [6.45, 7) is 4.12. The van der Waals surface area contributed by atoms with Crippen molar-refractivity contribution < 1.29 is 8.42 Å². The van der Waals surface area contributed by atoms with Crippen LogP contribution in [0.3, 0.4) is 0 Å². The van der Waals surface area contributed by atoms with Crippen LogP contribution in [0.5, 0.6) is 0 Å². The molecule has 1 saturated heterocycles. The topological polar surface area (TPSA) is 73.8 Å². The molecule has 8 heteroatoms. The number of aliphatic imine (C=N–C) groups is 1. The molecule has 2 aromatic carbocycles. The van der Waals surface area contributed by atoms with Crippen LogP contribution in [0.25, 0.3) is 10.8 Å². The quantitative estimate of drug-likeness (QED) is 0.354. The Kier molecular flexibility index (Phi) is 8.72. The van der Waals surface area contributed by atoms with Crippen LogP contribution in [-0.2, 0) is 10.0 Å². The molecule has 3 rings (SSSR count). The summed E-state index contributed by atoms with van der Waals surface area (Å²) in [5.41, 5.74) is 1.21. The summed E-state index contributed by atoms with van der Waals surface area (Å²) in [4.78, 5) is 4.34. The van der Waals surface area contributed by atoms with Gasteiger partial charge in [-0.3, -0.25) is 4.99 Å². The van der Waals surface area contributed by atoms with Gasteiger partial charge in [0.25, 0.3) is 0 Å². The van der Waals surface area contributed by atoms with Crippen LogP contribution in [0.1, 0.15) is 31.4 Å². The second-order valence-electron chi connectivity index (χ2n) is 7.53. The van der Waals surface area contributed by atoms with E-state index in [1.165, 1.54) is 22.6 Å². The molecule has 1 aliphatic rings. The molecule has 0 spiro atoms. The Morgan fingerprint density at radius 1 is 1.17 bits per heavy atom. The smallest absolute Gasteiger partial charge is 0.211 e. The highest BCUT2D eigenvalue weighted by atomic mass is 127. The molecule has 2 aromatic rings. The van der Waals surface area contributed by atoms with Crippen molar-refractivity contribution in [3.63, 3.8) is 0 Å². The van der Waals surface area contributed by atoms with Gasteiger partial charge in [-0.05, 0) is 48.1 Å². The Morgan fingerprint density at radius 3 is 2.45 bits per heavy atom. The SMILES string of the molecule is CN=C(NCC1CCN(S(C)(=O)=O)CC1)NC(C)c1ccc2ccccc2c1.I. The lowest BCUT2D eigenvalue weighted by Gasteiger charge is -2.30. The van der Waals surface area contributed by atoms with Crippen molar-refractivity contribution in [1.29, 1.82) is 0 Å². The van der Waals surface area contributed by atoms with Crippen molar-refractivity contribution in [2.24, 2.45) is 10.9 Å². The monoisotopic (exact) mass is 530 g/mol. The zero-order valence-corrected chi connectivity index (χ0v) is 20.4. The molecule has 6 nitrogen and oxygen atoms in total. The van der Waals surface area contributed by atoms with Crippen LogP contribution in [0.2, 0.25) is 0 Å². The van der Waals surface area contributed by atoms with Crippen LogP contribution in [0.4, 0.5) is 0 Å². The van der Waals surface area contributed by atoms with Crippen LogP contribution in [0, 0.1) is 5.92 Å². The average Bonchev–Trinajstić information content (AvgIpc) is 2.70. The molecular formula is C21H31IN4O2S. The van der Waals surface area contributed by atoms with Crippen molar-refractivity contribution >= 4 is 50.7 Å². The van der Waals surface area contributed by atoms with Crippen molar-refractivity contribution in [3.05, 3.63) is 48.0 Å². The van der Waals surface area contributed by atoms with E-state index in [1.807, 2.05) is 0 Å². The molecule has 1 atom stereocenters. The van der Waals surface area contributed by atoms with Crippen molar-refractivity contribution in [3.8, 4) is 0 Å². The molecule has 160 valence electrons. The standard InChI is InChI=1S/C21H30N4O2S.HI/c1-16(19-9-8-18-6-4-5-7-20(18)14-19)24-21(22-2)23-15-17-10-12-25(13-11-17)28(3,26)27;/h4-9,14,16-17H,10-13,15H2,1-3H3,(H2,22,23,24);1H. The Morgan fingerprint density at radius 2 is 1.83 bits per heavy atom.